The van der Waals surface area contributed by atoms with Gasteiger partial charge in [-0.25, -0.2) is 0 Å². The van der Waals surface area contributed by atoms with Crippen LogP contribution in [0.2, 0.25) is 0 Å². The number of hydrogen-bond acceptors (Lipinski definition) is 5. The molecule has 46 heavy (non-hydrogen) atoms. The molecule has 2 aromatic rings. The highest BCUT2D eigenvalue weighted by Crippen LogP contribution is 2.50. The van der Waals surface area contributed by atoms with Gasteiger partial charge in [0.05, 0.1) is 12.6 Å². The topological polar surface area (TPSA) is 106 Å². The van der Waals surface area contributed by atoms with Crippen LogP contribution in [0, 0.1) is 11.8 Å². The molecule has 3 aliphatic carbocycles. The van der Waals surface area contributed by atoms with Gasteiger partial charge in [-0.1, -0.05) is 100 Å². The molecule has 0 aromatic heterocycles. The molecule has 7 heteroatoms. The first-order valence-corrected chi connectivity index (χ1v) is 16.7. The molecule has 5 rings (SSSR count). The smallest absolute Gasteiger partial charge is 0.243 e. The average molecular weight is 640 g/mol. The minimum Gasteiger partial charge on any atom is -0.404 e. The lowest BCUT2D eigenvalue weighted by Gasteiger charge is -2.14. The van der Waals surface area contributed by atoms with Gasteiger partial charge in [-0.05, 0) is 104 Å². The molecular formula is C39H53N5OS. The van der Waals surface area contributed by atoms with Gasteiger partial charge in [0.15, 0.2) is 0 Å². The zero-order valence-corrected chi connectivity index (χ0v) is 29.2. The monoisotopic (exact) mass is 639 g/mol. The Morgan fingerprint density at radius 1 is 1.15 bits per heavy atom. The molecule has 3 aliphatic rings. The Balaban J connectivity index is 0.000000259. The molecule has 6 nitrogen and oxygen atoms in total. The van der Waals surface area contributed by atoms with E-state index in [9.17, 15) is 4.79 Å². The summed E-state index contributed by atoms with van der Waals surface area (Å²) in [7, 11) is 1.81. The Morgan fingerprint density at radius 2 is 1.83 bits per heavy atom. The summed E-state index contributed by atoms with van der Waals surface area (Å²) < 4.78 is 0. The zero-order chi connectivity index (χ0) is 34.1. The van der Waals surface area contributed by atoms with Crippen LogP contribution in [0.5, 0.6) is 0 Å². The second-order valence-corrected chi connectivity index (χ2v) is 12.3. The van der Waals surface area contributed by atoms with E-state index in [4.69, 9.17) is 11.5 Å². The van der Waals surface area contributed by atoms with Gasteiger partial charge in [0.2, 0.25) is 5.91 Å². The minimum absolute atomic E-state index is 0.161. The molecule has 3 fully saturated rings. The van der Waals surface area contributed by atoms with Crippen molar-refractivity contribution in [3.63, 3.8) is 0 Å². The van der Waals surface area contributed by atoms with Crippen LogP contribution in [0.4, 0.5) is 0 Å². The van der Waals surface area contributed by atoms with Gasteiger partial charge >= 0.3 is 0 Å². The van der Waals surface area contributed by atoms with Crippen LogP contribution in [0.15, 0.2) is 72.9 Å². The molecule has 0 saturated heterocycles. The summed E-state index contributed by atoms with van der Waals surface area (Å²) in [6.07, 6.45) is 12.8. The Morgan fingerprint density at radius 3 is 2.35 bits per heavy atom. The van der Waals surface area contributed by atoms with Crippen LogP contribution in [0.25, 0.3) is 11.1 Å². The normalized spacial score (nSPS) is 15.6. The highest BCUT2D eigenvalue weighted by Gasteiger charge is 2.40. The van der Waals surface area contributed by atoms with Gasteiger partial charge in [-0.15, -0.1) is 0 Å². The minimum atomic E-state index is -0.161. The van der Waals surface area contributed by atoms with Gasteiger partial charge in [-0.2, -0.15) is 0 Å². The van der Waals surface area contributed by atoms with E-state index >= 15 is 0 Å². The number of rotatable bonds is 10. The van der Waals surface area contributed by atoms with E-state index in [1.165, 1.54) is 61.3 Å². The van der Waals surface area contributed by atoms with E-state index in [2.05, 4.69) is 78.0 Å². The molecule has 3 saturated carbocycles. The summed E-state index contributed by atoms with van der Waals surface area (Å²) in [6, 6.07) is 15.6. The number of allylic oxidation sites excluding steroid dienone is 2. The summed E-state index contributed by atoms with van der Waals surface area (Å²) in [5.74, 6) is 5.87. The first-order valence-electron chi connectivity index (χ1n) is 16.3. The lowest BCUT2D eigenvalue weighted by molar-refractivity contribution is -0.116. The molecule has 0 heterocycles. The maximum Gasteiger partial charge on any atom is 0.243 e. The number of nitrogens with one attached hydrogen (secondary N) is 2. The van der Waals surface area contributed by atoms with Crippen molar-refractivity contribution < 1.29 is 4.79 Å². The van der Waals surface area contributed by atoms with Crippen molar-refractivity contribution in [1.82, 2.24) is 10.6 Å². The number of aliphatic imine (C=N–C) groups is 1. The van der Waals surface area contributed by atoms with Crippen molar-refractivity contribution in [3.8, 4) is 11.8 Å². The molecule has 0 spiro atoms. The summed E-state index contributed by atoms with van der Waals surface area (Å²) in [6.45, 7) is 16.8. The van der Waals surface area contributed by atoms with E-state index < -0.39 is 0 Å². The molecule has 0 unspecified atom stereocenters. The van der Waals surface area contributed by atoms with Gasteiger partial charge in [0.1, 0.15) is 4.99 Å². The average Bonchev–Trinajstić information content (AvgIpc) is 3.92. The van der Waals surface area contributed by atoms with E-state index in [0.717, 1.165) is 28.2 Å². The van der Waals surface area contributed by atoms with Crippen LogP contribution in [-0.4, -0.2) is 36.7 Å². The van der Waals surface area contributed by atoms with Crippen LogP contribution in [-0.2, 0) is 16.8 Å². The lowest BCUT2D eigenvalue weighted by Crippen LogP contribution is -2.20. The number of benzene rings is 2. The highest BCUT2D eigenvalue weighted by atomic mass is 32.1. The van der Waals surface area contributed by atoms with Crippen molar-refractivity contribution in [3.05, 3.63) is 95.7 Å². The molecule has 1 amide bonds. The summed E-state index contributed by atoms with van der Waals surface area (Å²) in [4.78, 5) is 15.9. The number of amides is 1. The third-order valence-electron chi connectivity index (χ3n) is 7.78. The van der Waals surface area contributed by atoms with E-state index in [-0.39, 0.29) is 10.9 Å². The second kappa shape index (κ2) is 19.5. The zero-order valence-electron chi connectivity index (χ0n) is 28.4. The largest absolute Gasteiger partial charge is 0.404 e. The molecule has 246 valence electrons. The van der Waals surface area contributed by atoms with E-state index in [1.54, 1.807) is 6.20 Å². The first-order chi connectivity index (χ1) is 22.1. The highest BCUT2D eigenvalue weighted by molar-refractivity contribution is 7.80. The van der Waals surface area contributed by atoms with Crippen molar-refractivity contribution >= 4 is 40.5 Å². The Hall–Kier alpha value is -3.99. The van der Waals surface area contributed by atoms with Crippen molar-refractivity contribution in [2.45, 2.75) is 90.1 Å². The number of hydrogen-bond donors (Lipinski definition) is 4. The lowest BCUT2D eigenvalue weighted by atomic mass is 9.91. The van der Waals surface area contributed by atoms with Gasteiger partial charge in [-0.3, -0.25) is 9.79 Å². The fourth-order valence-electron chi connectivity index (χ4n) is 4.48. The van der Waals surface area contributed by atoms with Gasteiger partial charge in [0.25, 0.3) is 0 Å². The number of thiocarbonyl (C=S) groups is 1. The molecule has 0 bridgehead atoms. The number of carbonyl (C=O) groups is 1. The number of carbonyl (C=O) groups excluding carboxylic acids is 1. The van der Waals surface area contributed by atoms with Crippen molar-refractivity contribution in [2.75, 3.05) is 13.6 Å². The summed E-state index contributed by atoms with van der Waals surface area (Å²) in [5, 5.41) is 5.58. The molecule has 0 atom stereocenters. The van der Waals surface area contributed by atoms with Crippen LogP contribution >= 0.6 is 12.2 Å². The fourth-order valence-corrected chi connectivity index (χ4v) is 4.56. The van der Waals surface area contributed by atoms with Crippen LogP contribution < -0.4 is 22.1 Å². The molecule has 0 aliphatic heterocycles. The third kappa shape index (κ3) is 13.6. The Kier molecular flexibility index (Phi) is 16.2. The second-order valence-electron chi connectivity index (χ2n) is 11.9. The van der Waals surface area contributed by atoms with E-state index in [1.807, 2.05) is 58.3 Å². The summed E-state index contributed by atoms with van der Waals surface area (Å²) in [5.41, 5.74) is 19.8. The number of nitrogens with two attached hydrogens (primary N) is 2. The Labute approximate surface area is 282 Å². The molecule has 0 radical (unpaired) electrons. The number of nitrogens with zero attached hydrogens (tertiary/aromatic N) is 1. The Bertz CT molecular complexity index is 1470. The SMILES string of the molecule is C=CC(=O)NCc1ccccc1C(=C)C.CC.CC1(c2cc(/C(C=NC3CC3)=C/N)cc(C3CC3)c2)CC1.CNCC#CC(N)=S. The van der Waals surface area contributed by atoms with Gasteiger partial charge in [0, 0.05) is 24.5 Å². The van der Waals surface area contributed by atoms with E-state index in [0.29, 0.717) is 24.5 Å². The van der Waals surface area contributed by atoms with Crippen LogP contribution in [0.1, 0.15) is 100.0 Å². The van der Waals surface area contributed by atoms with Crippen molar-refractivity contribution in [1.29, 1.82) is 0 Å². The maximum absolute atomic E-state index is 11.0. The quantitative estimate of drug-likeness (QED) is 0.0953. The third-order valence-corrected chi connectivity index (χ3v) is 7.88. The van der Waals surface area contributed by atoms with Gasteiger partial charge < -0.3 is 22.1 Å². The van der Waals surface area contributed by atoms with Crippen LogP contribution in [0.3, 0.4) is 0 Å². The molecular weight excluding hydrogens is 587 g/mol. The standard InChI is InChI=1S/C19H24N2.C13H15NO.C5H8N2S.C2H6/c1-19(6-7-19)17-9-14(13-2-3-13)8-15(10-17)16(11-20)12-21-18-4-5-18;1-4-13(15)14-9-11-7-5-6-8-12(11)10(2)3;1-7-4-2-3-5(6)8;1-2/h8-13,18H,2-7,20H2,1H3;4-8H,1-2,9H2,3H3,(H,14,15);7H,4H2,1H3,(H2,6,8);1-2H3/b16-11+,21-12?;;;. The van der Waals surface area contributed by atoms with Crippen molar-refractivity contribution in [2.24, 2.45) is 16.5 Å². The summed E-state index contributed by atoms with van der Waals surface area (Å²) >= 11 is 4.49. The fraction of sp³-hybridized carbons (Fsp3) is 0.410. The molecule has 2 aromatic carbocycles. The molecule has 6 N–H and O–H groups in total. The predicted octanol–water partition coefficient (Wildman–Crippen LogP) is 7.19. The first kappa shape index (κ1) is 38.2. The predicted molar refractivity (Wildman–Crippen MR) is 202 cm³/mol. The maximum atomic E-state index is 11.0.